The average molecular weight is 462 g/mol. The van der Waals surface area contributed by atoms with Gasteiger partial charge in [-0.05, 0) is 44.4 Å². The maximum Gasteiger partial charge on any atom is 0.417 e. The van der Waals surface area contributed by atoms with Crippen LogP contribution in [0.25, 0.3) is 10.2 Å². The fourth-order valence-electron chi connectivity index (χ4n) is 4.11. The van der Waals surface area contributed by atoms with Gasteiger partial charge in [-0.3, -0.25) is 4.79 Å². The van der Waals surface area contributed by atoms with Gasteiger partial charge >= 0.3 is 6.18 Å². The van der Waals surface area contributed by atoms with Crippen molar-refractivity contribution in [2.75, 3.05) is 31.1 Å². The highest BCUT2D eigenvalue weighted by Crippen LogP contribution is 2.40. The van der Waals surface area contributed by atoms with E-state index in [1.165, 1.54) is 17.4 Å². The van der Waals surface area contributed by atoms with Gasteiger partial charge in [-0.1, -0.05) is 0 Å². The van der Waals surface area contributed by atoms with Crippen molar-refractivity contribution < 1.29 is 18.0 Å². The molecule has 0 bridgehead atoms. The molecule has 10 heteroatoms. The molecule has 1 aliphatic carbocycles. The minimum absolute atomic E-state index is 0.0297. The lowest BCUT2D eigenvalue weighted by Crippen LogP contribution is -2.49. The Kier molecular flexibility index (Phi) is 5.07. The quantitative estimate of drug-likeness (QED) is 0.572. The molecule has 2 fully saturated rings. The summed E-state index contributed by atoms with van der Waals surface area (Å²) in [4.78, 5) is 31.9. The number of thiophene rings is 1. The van der Waals surface area contributed by atoms with Gasteiger partial charge in [-0.25, -0.2) is 15.0 Å². The molecule has 0 N–H and O–H groups in total. The molecule has 0 spiro atoms. The first-order chi connectivity index (χ1) is 15.2. The van der Waals surface area contributed by atoms with Crippen molar-refractivity contribution in [1.29, 1.82) is 0 Å². The number of rotatable bonds is 3. The van der Waals surface area contributed by atoms with E-state index < -0.39 is 11.7 Å². The molecule has 1 saturated carbocycles. The van der Waals surface area contributed by atoms with Crippen LogP contribution in [-0.4, -0.2) is 51.9 Å². The molecule has 168 valence electrons. The minimum Gasteiger partial charge on any atom is -0.353 e. The number of fused-ring (bicyclic) bond motifs is 1. The second kappa shape index (κ2) is 7.68. The van der Waals surface area contributed by atoms with Crippen LogP contribution < -0.4 is 4.90 Å². The van der Waals surface area contributed by atoms with Crippen molar-refractivity contribution in [3.8, 4) is 0 Å². The van der Waals surface area contributed by atoms with Crippen LogP contribution in [0.5, 0.6) is 0 Å². The number of nitrogens with zero attached hydrogens (tertiary/aromatic N) is 5. The lowest BCUT2D eigenvalue weighted by Gasteiger charge is -2.35. The van der Waals surface area contributed by atoms with Crippen LogP contribution in [0.1, 0.15) is 51.1 Å². The number of anilines is 1. The molecule has 0 atom stereocenters. The van der Waals surface area contributed by atoms with Crippen molar-refractivity contribution in [3.05, 3.63) is 45.9 Å². The summed E-state index contributed by atoms with van der Waals surface area (Å²) in [7, 11) is 0. The van der Waals surface area contributed by atoms with Gasteiger partial charge in [0.2, 0.25) is 0 Å². The first kappa shape index (κ1) is 21.1. The minimum atomic E-state index is -4.40. The summed E-state index contributed by atoms with van der Waals surface area (Å²) in [6.45, 7) is 5.90. The molecule has 3 aromatic rings. The number of carbonyl (C=O) groups excluding carboxylic acids is 1. The van der Waals surface area contributed by atoms with Crippen LogP contribution in [-0.2, 0) is 6.18 Å². The predicted molar refractivity (Wildman–Crippen MR) is 116 cm³/mol. The molecule has 1 saturated heterocycles. The fraction of sp³-hybridized carbons (Fsp3) is 0.455. The zero-order chi connectivity index (χ0) is 22.6. The lowest BCUT2D eigenvalue weighted by atomic mass is 10.1. The number of halogens is 3. The normalized spacial score (nSPS) is 17.3. The number of carbonyl (C=O) groups is 1. The van der Waals surface area contributed by atoms with Crippen LogP contribution in [0.4, 0.5) is 19.0 Å². The average Bonchev–Trinajstić information content (AvgIpc) is 3.56. The van der Waals surface area contributed by atoms with E-state index in [4.69, 9.17) is 4.98 Å². The van der Waals surface area contributed by atoms with E-state index in [1.807, 2.05) is 18.7 Å². The van der Waals surface area contributed by atoms with E-state index in [1.54, 1.807) is 4.90 Å². The van der Waals surface area contributed by atoms with E-state index >= 15 is 0 Å². The highest BCUT2D eigenvalue weighted by molar-refractivity contribution is 7.20. The molecule has 2 aliphatic rings. The van der Waals surface area contributed by atoms with Gasteiger partial charge in [0, 0.05) is 43.7 Å². The molecule has 6 nitrogen and oxygen atoms in total. The molecule has 32 heavy (non-hydrogen) atoms. The Morgan fingerprint density at radius 3 is 2.41 bits per heavy atom. The van der Waals surface area contributed by atoms with Gasteiger partial charge in [0.25, 0.3) is 5.91 Å². The number of amides is 1. The van der Waals surface area contributed by atoms with E-state index in [0.29, 0.717) is 42.8 Å². The zero-order valence-corrected chi connectivity index (χ0v) is 18.6. The summed E-state index contributed by atoms with van der Waals surface area (Å²) in [5, 5.41) is 0.968. The van der Waals surface area contributed by atoms with E-state index in [0.717, 1.165) is 52.4 Å². The maximum absolute atomic E-state index is 13.3. The lowest BCUT2D eigenvalue weighted by molar-refractivity contribution is -0.137. The molecule has 0 radical (unpaired) electrons. The second-order valence-electron chi connectivity index (χ2n) is 8.36. The number of aromatic nitrogens is 3. The van der Waals surface area contributed by atoms with E-state index in [2.05, 4.69) is 9.97 Å². The SMILES string of the molecule is Cc1nc(C2CC2)nc2sc(C(=O)N3CCN(c4ccc(C(F)(F)F)cn4)CC3)c(C)c12. The molecule has 5 rings (SSSR count). The van der Waals surface area contributed by atoms with Gasteiger partial charge < -0.3 is 9.80 Å². The van der Waals surface area contributed by atoms with Crippen LogP contribution in [0.15, 0.2) is 18.3 Å². The van der Waals surface area contributed by atoms with Crippen LogP contribution in [0.2, 0.25) is 0 Å². The highest BCUT2D eigenvalue weighted by Gasteiger charge is 2.32. The molecule has 1 amide bonds. The summed E-state index contributed by atoms with van der Waals surface area (Å²) >= 11 is 1.43. The molecule has 1 aliphatic heterocycles. The third-order valence-electron chi connectivity index (χ3n) is 6.09. The Morgan fingerprint density at radius 1 is 1.09 bits per heavy atom. The van der Waals surface area contributed by atoms with E-state index in [9.17, 15) is 18.0 Å². The molecular formula is C22H22F3N5OS. The number of hydrogen-bond donors (Lipinski definition) is 0. The van der Waals surface area contributed by atoms with Crippen molar-refractivity contribution in [2.24, 2.45) is 0 Å². The molecule has 4 heterocycles. The monoisotopic (exact) mass is 461 g/mol. The molecule has 0 aromatic carbocycles. The summed E-state index contributed by atoms with van der Waals surface area (Å²) in [5.74, 6) is 1.79. The smallest absolute Gasteiger partial charge is 0.353 e. The van der Waals surface area contributed by atoms with Gasteiger partial charge in [0.05, 0.1) is 16.1 Å². The fourth-order valence-corrected chi connectivity index (χ4v) is 5.32. The predicted octanol–water partition coefficient (Wildman–Crippen LogP) is 4.56. The number of pyridine rings is 1. The van der Waals surface area contributed by atoms with Crippen molar-refractivity contribution >= 4 is 33.3 Å². The Hall–Kier alpha value is -2.75. The maximum atomic E-state index is 13.3. The number of piperazine rings is 1. The Morgan fingerprint density at radius 2 is 1.81 bits per heavy atom. The summed E-state index contributed by atoms with van der Waals surface area (Å²) in [6.07, 6.45) is -1.30. The van der Waals surface area contributed by atoms with Crippen molar-refractivity contribution in [1.82, 2.24) is 19.9 Å². The van der Waals surface area contributed by atoms with Gasteiger partial charge in [-0.2, -0.15) is 13.2 Å². The second-order valence-corrected chi connectivity index (χ2v) is 9.36. The zero-order valence-electron chi connectivity index (χ0n) is 17.7. The third kappa shape index (κ3) is 3.80. The first-order valence-corrected chi connectivity index (χ1v) is 11.4. The highest BCUT2D eigenvalue weighted by atomic mass is 32.1. The van der Waals surface area contributed by atoms with Crippen LogP contribution in [0, 0.1) is 13.8 Å². The Labute approximate surface area is 187 Å². The summed E-state index contributed by atoms with van der Waals surface area (Å²) in [5.41, 5.74) is 1.07. The standard InChI is InChI=1S/C22H22F3N5OS/c1-12-17-13(2)27-19(14-3-4-14)28-20(17)32-18(12)21(31)30-9-7-29(8-10-30)16-6-5-15(11-26-16)22(23,24)25/h5-6,11,14H,3-4,7-10H2,1-2H3. The largest absolute Gasteiger partial charge is 0.417 e. The Balaban J connectivity index is 1.31. The van der Waals surface area contributed by atoms with Gasteiger partial charge in [-0.15, -0.1) is 11.3 Å². The molecule has 3 aromatic heterocycles. The van der Waals surface area contributed by atoms with Gasteiger partial charge in [0.1, 0.15) is 16.5 Å². The number of aryl methyl sites for hydroxylation is 2. The number of hydrogen-bond acceptors (Lipinski definition) is 6. The van der Waals surface area contributed by atoms with Crippen LogP contribution in [0.3, 0.4) is 0 Å². The van der Waals surface area contributed by atoms with Crippen molar-refractivity contribution in [3.63, 3.8) is 0 Å². The topological polar surface area (TPSA) is 62.2 Å². The van der Waals surface area contributed by atoms with E-state index in [-0.39, 0.29) is 5.91 Å². The number of alkyl halides is 3. The van der Waals surface area contributed by atoms with Crippen molar-refractivity contribution in [2.45, 2.75) is 38.8 Å². The summed E-state index contributed by atoms with van der Waals surface area (Å²) < 4.78 is 38.3. The Bertz CT molecular complexity index is 1180. The summed E-state index contributed by atoms with van der Waals surface area (Å²) in [6, 6.07) is 2.43. The first-order valence-electron chi connectivity index (χ1n) is 10.6. The molecular weight excluding hydrogens is 439 g/mol. The molecule has 0 unspecified atom stereocenters. The van der Waals surface area contributed by atoms with Gasteiger partial charge in [0.15, 0.2) is 0 Å². The van der Waals surface area contributed by atoms with Crippen LogP contribution >= 0.6 is 11.3 Å². The third-order valence-corrected chi connectivity index (χ3v) is 7.26.